The van der Waals surface area contributed by atoms with Crippen molar-refractivity contribution in [2.75, 3.05) is 18.0 Å². The van der Waals surface area contributed by atoms with Gasteiger partial charge in [-0.15, -0.1) is 15.3 Å². The topological polar surface area (TPSA) is 59.2 Å². The van der Waals surface area contributed by atoms with Crippen molar-refractivity contribution in [1.29, 1.82) is 0 Å². The van der Waals surface area contributed by atoms with Gasteiger partial charge in [0.1, 0.15) is 18.2 Å². The molecule has 1 aliphatic rings. The van der Waals surface area contributed by atoms with Crippen molar-refractivity contribution in [1.82, 2.24) is 24.8 Å². The number of pyridine rings is 1. The summed E-state index contributed by atoms with van der Waals surface area (Å²) in [7, 11) is 0. The number of hydrogen-bond acceptors (Lipinski definition) is 5. The molecule has 3 aromatic rings. The Balaban J connectivity index is 1.75. The van der Waals surface area contributed by atoms with E-state index >= 15 is 0 Å². The van der Waals surface area contributed by atoms with Gasteiger partial charge in [0.05, 0.1) is 13.1 Å². The van der Waals surface area contributed by atoms with Gasteiger partial charge >= 0.3 is 0 Å². The van der Waals surface area contributed by atoms with Crippen LogP contribution in [0.25, 0.3) is 17.0 Å². The average molecular weight is 316 g/mol. The molecule has 0 spiro atoms. The average Bonchev–Trinajstić information content (AvgIpc) is 2.98. The molecule has 1 aliphatic heterocycles. The molecule has 0 bridgehead atoms. The third-order valence-electron chi connectivity index (χ3n) is 3.86. The molecule has 3 aromatic heterocycles. The number of halogens is 2. The molecule has 0 radical (unpaired) electrons. The summed E-state index contributed by atoms with van der Waals surface area (Å²) in [6, 6.07) is 7.07. The summed E-state index contributed by atoms with van der Waals surface area (Å²) in [4.78, 5) is 5.59. The fourth-order valence-corrected chi connectivity index (χ4v) is 2.80. The van der Waals surface area contributed by atoms with E-state index < -0.39 is 12.3 Å². The fraction of sp³-hybridized carbons (Fsp3) is 0.333. The number of nitrogens with zero attached hydrogens (tertiary/aromatic N) is 6. The predicted molar refractivity (Wildman–Crippen MR) is 80.6 cm³/mol. The van der Waals surface area contributed by atoms with Crippen LogP contribution in [0, 0.1) is 0 Å². The van der Waals surface area contributed by atoms with Crippen LogP contribution in [0.3, 0.4) is 0 Å². The second kappa shape index (κ2) is 5.53. The smallest absolute Gasteiger partial charge is 0.185 e. The van der Waals surface area contributed by atoms with Crippen molar-refractivity contribution in [2.24, 2.45) is 0 Å². The molecule has 2 atom stereocenters. The van der Waals surface area contributed by atoms with Crippen molar-refractivity contribution >= 4 is 11.5 Å². The maximum Gasteiger partial charge on any atom is 0.185 e. The van der Waals surface area contributed by atoms with Crippen LogP contribution in [0.2, 0.25) is 0 Å². The number of anilines is 1. The van der Waals surface area contributed by atoms with E-state index in [1.807, 2.05) is 0 Å². The van der Waals surface area contributed by atoms with Crippen molar-refractivity contribution in [3.63, 3.8) is 0 Å². The van der Waals surface area contributed by atoms with Gasteiger partial charge in [-0.2, -0.15) is 4.52 Å². The number of piperidine rings is 1. The molecule has 23 heavy (non-hydrogen) atoms. The molecule has 8 heteroatoms. The molecule has 6 nitrogen and oxygen atoms in total. The Labute approximate surface area is 130 Å². The summed E-state index contributed by atoms with van der Waals surface area (Å²) in [5.41, 5.74) is 1.40. The monoisotopic (exact) mass is 316 g/mol. The quantitative estimate of drug-likeness (QED) is 0.724. The SMILES string of the molecule is F[C@@H]1C[C@H](F)CN(c2ccc3nnc(-c4ccncc4)n3n2)C1. The molecule has 0 amide bonds. The number of alkyl halides is 2. The molecule has 1 saturated heterocycles. The standard InChI is InChI=1S/C15H14F2N6/c16-11-7-12(17)9-22(8-11)14-2-1-13-19-20-15(23(13)21-14)10-3-5-18-6-4-10/h1-6,11-12H,7-9H2/t11-,12+. The van der Waals surface area contributed by atoms with Crippen LogP contribution < -0.4 is 4.90 Å². The largest absolute Gasteiger partial charge is 0.349 e. The first-order chi connectivity index (χ1) is 11.2. The molecule has 0 N–H and O–H groups in total. The van der Waals surface area contributed by atoms with Crippen molar-refractivity contribution in [3.8, 4) is 11.4 Å². The Morgan fingerprint density at radius 3 is 2.43 bits per heavy atom. The van der Waals surface area contributed by atoms with E-state index in [0.717, 1.165) is 5.56 Å². The van der Waals surface area contributed by atoms with Crippen molar-refractivity contribution < 1.29 is 8.78 Å². The van der Waals surface area contributed by atoms with Crippen LogP contribution in [-0.2, 0) is 0 Å². The minimum atomic E-state index is -1.18. The molecular formula is C15H14F2N6. The number of aromatic nitrogens is 5. The third kappa shape index (κ3) is 2.60. The molecule has 4 rings (SSSR count). The summed E-state index contributed by atoms with van der Waals surface area (Å²) in [6.45, 7) is 0.289. The Morgan fingerprint density at radius 1 is 0.957 bits per heavy atom. The Bertz CT molecular complexity index is 811. The lowest BCUT2D eigenvalue weighted by molar-refractivity contribution is 0.191. The van der Waals surface area contributed by atoms with E-state index in [0.29, 0.717) is 17.3 Å². The summed E-state index contributed by atoms with van der Waals surface area (Å²) in [6.07, 6.45) is 0.903. The molecule has 118 valence electrons. The van der Waals surface area contributed by atoms with E-state index in [1.54, 1.807) is 46.1 Å². The minimum Gasteiger partial charge on any atom is -0.349 e. The number of rotatable bonds is 2. The number of fused-ring (bicyclic) bond motifs is 1. The molecule has 1 fully saturated rings. The minimum absolute atomic E-state index is 0.0480. The van der Waals surface area contributed by atoms with Gasteiger partial charge in [-0.3, -0.25) is 4.98 Å². The summed E-state index contributed by atoms with van der Waals surface area (Å²) < 4.78 is 28.8. The van der Waals surface area contributed by atoms with Gasteiger partial charge in [0, 0.05) is 24.4 Å². The van der Waals surface area contributed by atoms with Crippen molar-refractivity contribution in [2.45, 2.75) is 18.8 Å². The first-order valence-electron chi connectivity index (χ1n) is 7.36. The first-order valence-corrected chi connectivity index (χ1v) is 7.36. The normalized spacial score (nSPS) is 21.7. The third-order valence-corrected chi connectivity index (χ3v) is 3.86. The van der Waals surface area contributed by atoms with E-state index in [2.05, 4.69) is 20.3 Å². The van der Waals surface area contributed by atoms with Gasteiger partial charge in [-0.25, -0.2) is 8.78 Å². The van der Waals surface area contributed by atoms with Gasteiger partial charge in [-0.1, -0.05) is 0 Å². The van der Waals surface area contributed by atoms with Gasteiger partial charge < -0.3 is 4.90 Å². The highest BCUT2D eigenvalue weighted by Gasteiger charge is 2.28. The lowest BCUT2D eigenvalue weighted by atomic mass is 10.1. The highest BCUT2D eigenvalue weighted by Crippen LogP contribution is 2.23. The van der Waals surface area contributed by atoms with E-state index in [9.17, 15) is 8.78 Å². The zero-order valence-corrected chi connectivity index (χ0v) is 12.2. The zero-order chi connectivity index (χ0) is 15.8. The second-order valence-electron chi connectivity index (χ2n) is 5.56. The second-order valence-corrected chi connectivity index (χ2v) is 5.56. The van der Waals surface area contributed by atoms with Crippen LogP contribution in [0.15, 0.2) is 36.7 Å². The Morgan fingerprint density at radius 2 is 1.70 bits per heavy atom. The van der Waals surface area contributed by atoms with E-state index in [1.165, 1.54) is 0 Å². The fourth-order valence-electron chi connectivity index (χ4n) is 2.80. The summed E-state index contributed by atoms with van der Waals surface area (Å²) in [5.74, 6) is 1.08. The number of hydrogen-bond donors (Lipinski definition) is 0. The molecule has 0 saturated carbocycles. The van der Waals surface area contributed by atoms with Crippen LogP contribution in [0.4, 0.5) is 14.6 Å². The molecule has 0 aliphatic carbocycles. The molecule has 0 unspecified atom stereocenters. The van der Waals surface area contributed by atoms with Crippen molar-refractivity contribution in [3.05, 3.63) is 36.7 Å². The lowest BCUT2D eigenvalue weighted by Crippen LogP contribution is -2.43. The Hall–Kier alpha value is -2.64. The molecule has 4 heterocycles. The van der Waals surface area contributed by atoms with Gasteiger partial charge in [0.2, 0.25) is 0 Å². The summed E-state index contributed by atoms with van der Waals surface area (Å²) >= 11 is 0. The first kappa shape index (κ1) is 14.0. The maximum atomic E-state index is 13.6. The molecular weight excluding hydrogens is 302 g/mol. The highest BCUT2D eigenvalue weighted by molar-refractivity contribution is 5.59. The predicted octanol–water partition coefficient (Wildman–Crippen LogP) is 2.07. The van der Waals surface area contributed by atoms with Crippen LogP contribution in [0.1, 0.15) is 6.42 Å². The van der Waals surface area contributed by atoms with E-state index in [-0.39, 0.29) is 19.5 Å². The van der Waals surface area contributed by atoms with E-state index in [4.69, 9.17) is 0 Å². The van der Waals surface area contributed by atoms with Gasteiger partial charge in [0.15, 0.2) is 11.5 Å². The Kier molecular flexibility index (Phi) is 3.36. The zero-order valence-electron chi connectivity index (χ0n) is 12.2. The van der Waals surface area contributed by atoms with Gasteiger partial charge in [-0.05, 0) is 24.3 Å². The summed E-state index contributed by atoms with van der Waals surface area (Å²) in [5, 5.41) is 12.7. The molecule has 0 aromatic carbocycles. The maximum absolute atomic E-state index is 13.6. The van der Waals surface area contributed by atoms with Crippen LogP contribution in [-0.4, -0.2) is 50.2 Å². The lowest BCUT2D eigenvalue weighted by Gasteiger charge is -2.31. The van der Waals surface area contributed by atoms with Crippen LogP contribution in [0.5, 0.6) is 0 Å². The van der Waals surface area contributed by atoms with Crippen LogP contribution >= 0.6 is 0 Å². The highest BCUT2D eigenvalue weighted by atomic mass is 19.1. The van der Waals surface area contributed by atoms with Gasteiger partial charge in [0.25, 0.3) is 0 Å².